The summed E-state index contributed by atoms with van der Waals surface area (Å²) < 4.78 is 1.46. The average molecular weight is 249 g/mol. The highest BCUT2D eigenvalue weighted by molar-refractivity contribution is 5.68. The average Bonchev–Trinajstić information content (AvgIpc) is 2.29. The lowest BCUT2D eigenvalue weighted by molar-refractivity contribution is -0.558. The predicted octanol–water partition coefficient (Wildman–Crippen LogP) is -1.12. The Bertz CT molecular complexity index is 526. The van der Waals surface area contributed by atoms with Gasteiger partial charge < -0.3 is 12.4 Å². The number of halogens is 1. The molecule has 0 aliphatic heterocycles. The second-order valence-electron chi connectivity index (χ2n) is 3.61. The van der Waals surface area contributed by atoms with Gasteiger partial charge in [0, 0.05) is 5.56 Å². The fourth-order valence-corrected chi connectivity index (χ4v) is 1.76. The Kier molecular flexibility index (Phi) is 4.24. The van der Waals surface area contributed by atoms with Crippen LogP contribution in [-0.2, 0) is 0 Å². The molecule has 0 saturated heterocycles. The summed E-state index contributed by atoms with van der Waals surface area (Å²) in [5.74, 6) is 0. The number of pyridine rings is 1. The Labute approximate surface area is 106 Å². The second kappa shape index (κ2) is 5.46. The van der Waals surface area contributed by atoms with Crippen molar-refractivity contribution in [3.8, 4) is 11.3 Å². The molecular formula is C13H13ClN2O. The molecule has 2 aromatic rings. The molecule has 0 fully saturated rings. The summed E-state index contributed by atoms with van der Waals surface area (Å²) in [6.45, 7) is 1.96. The van der Waals surface area contributed by atoms with Gasteiger partial charge in [-0.1, -0.05) is 36.4 Å². The van der Waals surface area contributed by atoms with Gasteiger partial charge in [0.25, 0.3) is 0 Å². The van der Waals surface area contributed by atoms with Crippen LogP contribution in [0.15, 0.2) is 48.7 Å². The SMILES string of the molecule is Cc1ccc[n+](C(N)=O)c1-c1ccccc1.[Cl-]. The fourth-order valence-electron chi connectivity index (χ4n) is 1.76. The van der Waals surface area contributed by atoms with E-state index < -0.39 is 6.03 Å². The number of rotatable bonds is 1. The van der Waals surface area contributed by atoms with Crippen molar-refractivity contribution >= 4 is 6.03 Å². The third kappa shape index (κ3) is 2.63. The fraction of sp³-hybridized carbons (Fsp3) is 0.0769. The first-order chi connectivity index (χ1) is 7.70. The van der Waals surface area contributed by atoms with Crippen LogP contribution in [0.25, 0.3) is 11.3 Å². The van der Waals surface area contributed by atoms with Crippen molar-refractivity contribution in [3.63, 3.8) is 0 Å². The minimum atomic E-state index is -0.470. The summed E-state index contributed by atoms with van der Waals surface area (Å²) in [6.07, 6.45) is 1.68. The number of aryl methyl sites for hydroxylation is 1. The molecule has 1 aromatic carbocycles. The summed E-state index contributed by atoms with van der Waals surface area (Å²) in [5, 5.41) is 0. The van der Waals surface area contributed by atoms with Crippen LogP contribution in [-0.4, -0.2) is 6.03 Å². The van der Waals surface area contributed by atoms with Gasteiger partial charge in [-0.3, -0.25) is 5.73 Å². The molecule has 2 N–H and O–H groups in total. The smallest absolute Gasteiger partial charge is 0.494 e. The number of nitrogens with two attached hydrogens (primary N) is 1. The van der Waals surface area contributed by atoms with Gasteiger partial charge >= 0.3 is 6.03 Å². The van der Waals surface area contributed by atoms with Crippen LogP contribution < -0.4 is 22.7 Å². The van der Waals surface area contributed by atoms with Gasteiger partial charge in [-0.15, -0.1) is 0 Å². The Morgan fingerprint density at radius 2 is 1.76 bits per heavy atom. The zero-order chi connectivity index (χ0) is 11.5. The van der Waals surface area contributed by atoms with Crippen molar-refractivity contribution in [2.45, 2.75) is 6.92 Å². The summed E-state index contributed by atoms with van der Waals surface area (Å²) >= 11 is 0. The van der Waals surface area contributed by atoms with Gasteiger partial charge in [-0.2, -0.15) is 9.36 Å². The maximum Gasteiger partial charge on any atom is 0.494 e. The monoisotopic (exact) mass is 248 g/mol. The number of benzene rings is 1. The molecule has 0 aliphatic carbocycles. The number of nitrogens with zero attached hydrogens (tertiary/aromatic N) is 1. The summed E-state index contributed by atoms with van der Waals surface area (Å²) in [5.41, 5.74) is 8.19. The van der Waals surface area contributed by atoms with Crippen molar-refractivity contribution in [2.24, 2.45) is 5.73 Å². The zero-order valence-electron chi connectivity index (χ0n) is 9.43. The first kappa shape index (κ1) is 13.2. The molecule has 2 rings (SSSR count). The van der Waals surface area contributed by atoms with Gasteiger partial charge in [0.2, 0.25) is 0 Å². The maximum absolute atomic E-state index is 11.3. The third-order valence-electron chi connectivity index (χ3n) is 2.48. The van der Waals surface area contributed by atoms with Crippen LogP contribution in [0.1, 0.15) is 5.56 Å². The minimum Gasteiger partial charge on any atom is -1.00 e. The molecule has 1 amide bonds. The van der Waals surface area contributed by atoms with Crippen molar-refractivity contribution in [2.75, 3.05) is 0 Å². The lowest BCUT2D eigenvalue weighted by Crippen LogP contribution is -3.00. The first-order valence-electron chi connectivity index (χ1n) is 5.06. The number of aromatic nitrogens is 1. The molecule has 0 radical (unpaired) electrons. The van der Waals surface area contributed by atoms with E-state index in [0.29, 0.717) is 0 Å². The van der Waals surface area contributed by atoms with E-state index in [9.17, 15) is 4.79 Å². The summed E-state index contributed by atoms with van der Waals surface area (Å²) in [6, 6.07) is 13.0. The highest BCUT2D eigenvalue weighted by atomic mass is 35.5. The van der Waals surface area contributed by atoms with Gasteiger partial charge in [-0.25, -0.2) is 0 Å². The van der Waals surface area contributed by atoms with Gasteiger partial charge in [-0.05, 0) is 18.6 Å². The van der Waals surface area contributed by atoms with Crippen LogP contribution >= 0.6 is 0 Å². The van der Waals surface area contributed by atoms with Crippen molar-refractivity contribution in [1.82, 2.24) is 0 Å². The highest BCUT2D eigenvalue weighted by Crippen LogP contribution is 2.18. The van der Waals surface area contributed by atoms with E-state index in [4.69, 9.17) is 5.73 Å². The van der Waals surface area contributed by atoms with Gasteiger partial charge in [0.15, 0.2) is 0 Å². The maximum atomic E-state index is 11.3. The predicted molar refractivity (Wildman–Crippen MR) is 61.8 cm³/mol. The molecule has 0 atom stereocenters. The quantitative estimate of drug-likeness (QED) is 0.639. The molecule has 0 aliphatic rings. The number of carbonyl (C=O) groups is 1. The van der Waals surface area contributed by atoms with Gasteiger partial charge in [0.05, 0.1) is 0 Å². The topological polar surface area (TPSA) is 47.0 Å². The van der Waals surface area contributed by atoms with E-state index in [0.717, 1.165) is 16.8 Å². The lowest BCUT2D eigenvalue weighted by Gasteiger charge is -2.06. The van der Waals surface area contributed by atoms with Crippen LogP contribution in [0, 0.1) is 6.92 Å². The van der Waals surface area contributed by atoms with Gasteiger partial charge in [0.1, 0.15) is 11.9 Å². The summed E-state index contributed by atoms with van der Waals surface area (Å²) in [4.78, 5) is 11.3. The molecule has 1 heterocycles. The van der Waals surface area contributed by atoms with Crippen molar-refractivity contribution in [1.29, 1.82) is 0 Å². The van der Waals surface area contributed by atoms with E-state index >= 15 is 0 Å². The molecule has 88 valence electrons. The second-order valence-corrected chi connectivity index (χ2v) is 3.61. The molecule has 0 spiro atoms. The highest BCUT2D eigenvalue weighted by Gasteiger charge is 2.16. The molecule has 0 bridgehead atoms. The van der Waals surface area contributed by atoms with E-state index in [1.807, 2.05) is 49.4 Å². The van der Waals surface area contributed by atoms with Crippen LogP contribution in [0.2, 0.25) is 0 Å². The van der Waals surface area contributed by atoms with Crippen LogP contribution in [0.3, 0.4) is 0 Å². The lowest BCUT2D eigenvalue weighted by atomic mass is 10.1. The Morgan fingerprint density at radius 1 is 1.12 bits per heavy atom. The Morgan fingerprint density at radius 3 is 2.35 bits per heavy atom. The van der Waals surface area contributed by atoms with E-state index in [2.05, 4.69) is 0 Å². The zero-order valence-corrected chi connectivity index (χ0v) is 10.2. The Balaban J connectivity index is 0.00000144. The third-order valence-corrected chi connectivity index (χ3v) is 2.48. The molecule has 0 saturated carbocycles. The van der Waals surface area contributed by atoms with E-state index in [1.165, 1.54) is 4.57 Å². The number of primary amides is 1. The summed E-state index contributed by atoms with van der Waals surface area (Å²) in [7, 11) is 0. The normalized spacial score (nSPS) is 9.47. The molecular weight excluding hydrogens is 236 g/mol. The number of hydrogen-bond acceptors (Lipinski definition) is 1. The standard InChI is InChI=1S/C13H12N2O.ClH/c1-10-6-5-9-15(13(14)16)12(10)11-7-3-2-4-8-11;/h2-9H,1H3,(H-,14,16);1H. The molecule has 0 unspecified atom stereocenters. The van der Waals surface area contributed by atoms with E-state index in [-0.39, 0.29) is 12.4 Å². The molecule has 3 nitrogen and oxygen atoms in total. The van der Waals surface area contributed by atoms with E-state index in [1.54, 1.807) is 6.20 Å². The Hall–Kier alpha value is -1.87. The number of hydrogen-bond donors (Lipinski definition) is 1. The molecule has 1 aromatic heterocycles. The number of amides is 1. The van der Waals surface area contributed by atoms with Crippen LogP contribution in [0.5, 0.6) is 0 Å². The van der Waals surface area contributed by atoms with Crippen LogP contribution in [0.4, 0.5) is 4.79 Å². The van der Waals surface area contributed by atoms with Crippen molar-refractivity contribution < 1.29 is 21.8 Å². The minimum absolute atomic E-state index is 0. The largest absolute Gasteiger partial charge is 1.00 e. The first-order valence-corrected chi connectivity index (χ1v) is 5.06. The molecule has 17 heavy (non-hydrogen) atoms. The van der Waals surface area contributed by atoms with Crippen molar-refractivity contribution in [3.05, 3.63) is 54.2 Å². The number of carbonyl (C=O) groups excluding carboxylic acids is 1. The molecule has 4 heteroatoms.